The van der Waals surface area contributed by atoms with Gasteiger partial charge >= 0.3 is 0 Å². The highest BCUT2D eigenvalue weighted by atomic mass is 79.9. The van der Waals surface area contributed by atoms with E-state index in [1.165, 1.54) is 0 Å². The Morgan fingerprint density at radius 1 is 1.59 bits per heavy atom. The van der Waals surface area contributed by atoms with Crippen LogP contribution in [0, 0.1) is 0 Å². The summed E-state index contributed by atoms with van der Waals surface area (Å²) in [5.41, 5.74) is 0.397. The normalized spacial score (nSPS) is 19.6. The molecule has 0 spiro atoms. The molecule has 1 aliphatic rings. The molecular formula is C13H16BrNO2. The van der Waals surface area contributed by atoms with E-state index in [1.807, 2.05) is 4.90 Å². The van der Waals surface area contributed by atoms with Crippen LogP contribution in [0.15, 0.2) is 22.7 Å². The summed E-state index contributed by atoms with van der Waals surface area (Å²) in [5.74, 6) is -0.00882. The predicted octanol–water partition coefficient (Wildman–Crippen LogP) is 3.17. The number of halogens is 1. The lowest BCUT2D eigenvalue weighted by Gasteiger charge is -2.24. The van der Waals surface area contributed by atoms with Crippen LogP contribution in [-0.2, 0) is 0 Å². The number of likely N-dealkylation sites (tertiary alicyclic amines) is 1. The molecule has 1 fully saturated rings. The van der Waals surface area contributed by atoms with Crippen LogP contribution in [0.25, 0.3) is 0 Å². The third-order valence-corrected chi connectivity index (χ3v) is 3.79. The maximum absolute atomic E-state index is 12.3. The Morgan fingerprint density at radius 2 is 2.35 bits per heavy atom. The highest BCUT2D eigenvalue weighted by Gasteiger charge is 2.29. The fourth-order valence-electron chi connectivity index (χ4n) is 2.37. The summed E-state index contributed by atoms with van der Waals surface area (Å²) in [6.07, 6.45) is 3.10. The van der Waals surface area contributed by atoms with E-state index in [4.69, 9.17) is 0 Å². The molecule has 0 saturated carbocycles. The largest absolute Gasteiger partial charge is 0.507 e. The first-order chi connectivity index (χ1) is 8.13. The summed E-state index contributed by atoms with van der Waals surface area (Å²) in [5, 5.41) is 9.80. The molecular weight excluding hydrogens is 282 g/mol. The second-order valence-corrected chi connectivity index (χ2v) is 5.28. The van der Waals surface area contributed by atoms with Crippen molar-refractivity contribution in [3.63, 3.8) is 0 Å². The number of hydrogen-bond donors (Lipinski definition) is 1. The summed E-state index contributed by atoms with van der Waals surface area (Å²) in [4.78, 5) is 14.2. The number of carbonyl (C=O) groups is 1. The number of rotatable bonds is 2. The number of amides is 1. The molecule has 4 heteroatoms. The Balaban J connectivity index is 2.24. The average molecular weight is 298 g/mol. The van der Waals surface area contributed by atoms with Crippen LogP contribution >= 0.6 is 15.9 Å². The summed E-state index contributed by atoms with van der Waals surface area (Å²) in [6.45, 7) is 2.89. The molecule has 0 bridgehead atoms. The second-order valence-electron chi connectivity index (χ2n) is 4.36. The third-order valence-electron chi connectivity index (χ3n) is 3.30. The number of phenolic OH excluding ortho intramolecular Hbond substituents is 1. The van der Waals surface area contributed by atoms with Crippen LogP contribution in [0.1, 0.15) is 36.5 Å². The van der Waals surface area contributed by atoms with Crippen molar-refractivity contribution in [1.82, 2.24) is 4.90 Å². The van der Waals surface area contributed by atoms with Gasteiger partial charge in [-0.1, -0.05) is 22.9 Å². The monoisotopic (exact) mass is 297 g/mol. The van der Waals surface area contributed by atoms with Crippen molar-refractivity contribution in [3.8, 4) is 5.75 Å². The maximum Gasteiger partial charge on any atom is 0.257 e. The lowest BCUT2D eigenvalue weighted by Crippen LogP contribution is -2.35. The lowest BCUT2D eigenvalue weighted by atomic mass is 10.1. The Morgan fingerprint density at radius 3 is 3.00 bits per heavy atom. The zero-order valence-corrected chi connectivity index (χ0v) is 11.4. The van der Waals surface area contributed by atoms with Crippen molar-refractivity contribution in [2.24, 2.45) is 0 Å². The zero-order valence-electron chi connectivity index (χ0n) is 9.82. The van der Waals surface area contributed by atoms with Gasteiger partial charge in [-0.05, 0) is 37.5 Å². The van der Waals surface area contributed by atoms with E-state index in [-0.39, 0.29) is 11.7 Å². The van der Waals surface area contributed by atoms with E-state index in [0.29, 0.717) is 11.6 Å². The molecule has 0 aliphatic carbocycles. The van der Waals surface area contributed by atoms with Crippen molar-refractivity contribution >= 4 is 21.8 Å². The van der Waals surface area contributed by atoms with Gasteiger partial charge in [-0.25, -0.2) is 0 Å². The first kappa shape index (κ1) is 12.4. The molecule has 92 valence electrons. The van der Waals surface area contributed by atoms with E-state index in [2.05, 4.69) is 22.9 Å². The standard InChI is InChI=1S/C13H16BrNO2/c1-2-10-4-3-7-15(10)13(17)11-6-5-9(14)8-12(11)16/h5-6,8,10,16H,2-4,7H2,1H3. The summed E-state index contributed by atoms with van der Waals surface area (Å²) < 4.78 is 0.778. The van der Waals surface area contributed by atoms with Gasteiger partial charge in [0.05, 0.1) is 5.56 Å². The summed E-state index contributed by atoms with van der Waals surface area (Å²) in [7, 11) is 0. The van der Waals surface area contributed by atoms with E-state index < -0.39 is 0 Å². The molecule has 1 N–H and O–H groups in total. The van der Waals surface area contributed by atoms with Gasteiger partial charge in [0.2, 0.25) is 0 Å². The van der Waals surface area contributed by atoms with Crippen LogP contribution < -0.4 is 0 Å². The smallest absolute Gasteiger partial charge is 0.257 e. The zero-order chi connectivity index (χ0) is 12.4. The van der Waals surface area contributed by atoms with E-state index in [1.54, 1.807) is 18.2 Å². The molecule has 1 unspecified atom stereocenters. The van der Waals surface area contributed by atoms with Crippen molar-refractivity contribution in [3.05, 3.63) is 28.2 Å². The Hall–Kier alpha value is -1.03. The molecule has 0 radical (unpaired) electrons. The predicted molar refractivity (Wildman–Crippen MR) is 70.2 cm³/mol. The van der Waals surface area contributed by atoms with E-state index >= 15 is 0 Å². The van der Waals surface area contributed by atoms with Gasteiger partial charge in [0.15, 0.2) is 0 Å². The minimum Gasteiger partial charge on any atom is -0.507 e. The molecule has 1 aromatic carbocycles. The van der Waals surface area contributed by atoms with Gasteiger partial charge in [0, 0.05) is 17.1 Å². The molecule has 0 aromatic heterocycles. The topological polar surface area (TPSA) is 40.5 Å². The SMILES string of the molecule is CCC1CCCN1C(=O)c1ccc(Br)cc1O. The average Bonchev–Trinajstić information content (AvgIpc) is 2.76. The van der Waals surface area contributed by atoms with E-state index in [0.717, 1.165) is 30.3 Å². The van der Waals surface area contributed by atoms with Gasteiger partial charge in [-0.3, -0.25) is 4.79 Å². The molecule has 1 atom stereocenters. The minimum atomic E-state index is -0.0562. The first-order valence-corrected chi connectivity index (χ1v) is 6.72. The molecule has 3 nitrogen and oxygen atoms in total. The fraction of sp³-hybridized carbons (Fsp3) is 0.462. The molecule has 1 saturated heterocycles. The molecule has 17 heavy (non-hydrogen) atoms. The Bertz CT molecular complexity index is 433. The molecule has 1 amide bonds. The van der Waals surface area contributed by atoms with Crippen molar-refractivity contribution in [2.75, 3.05) is 6.54 Å². The van der Waals surface area contributed by atoms with Crippen LogP contribution in [0.3, 0.4) is 0 Å². The minimum absolute atomic E-state index is 0.0473. The Kier molecular flexibility index (Phi) is 3.72. The molecule has 2 rings (SSSR count). The Labute approximate surface area is 110 Å². The molecule has 1 aromatic rings. The van der Waals surface area contributed by atoms with Crippen LogP contribution in [0.4, 0.5) is 0 Å². The van der Waals surface area contributed by atoms with Gasteiger partial charge in [-0.2, -0.15) is 0 Å². The summed E-state index contributed by atoms with van der Waals surface area (Å²) >= 11 is 3.27. The maximum atomic E-state index is 12.3. The number of hydrogen-bond acceptors (Lipinski definition) is 2. The van der Waals surface area contributed by atoms with Crippen LogP contribution in [0.2, 0.25) is 0 Å². The van der Waals surface area contributed by atoms with Gasteiger partial charge < -0.3 is 10.0 Å². The lowest BCUT2D eigenvalue weighted by molar-refractivity contribution is 0.0730. The van der Waals surface area contributed by atoms with Crippen molar-refractivity contribution in [2.45, 2.75) is 32.2 Å². The van der Waals surface area contributed by atoms with Crippen LogP contribution in [-0.4, -0.2) is 28.5 Å². The number of aromatic hydroxyl groups is 1. The van der Waals surface area contributed by atoms with Gasteiger partial charge in [-0.15, -0.1) is 0 Å². The fourth-order valence-corrected chi connectivity index (χ4v) is 2.72. The number of phenols is 1. The molecule has 1 aliphatic heterocycles. The van der Waals surface area contributed by atoms with E-state index in [9.17, 15) is 9.90 Å². The quantitative estimate of drug-likeness (QED) is 0.911. The van der Waals surface area contributed by atoms with Crippen molar-refractivity contribution < 1.29 is 9.90 Å². The summed E-state index contributed by atoms with van der Waals surface area (Å²) in [6, 6.07) is 5.34. The number of nitrogens with zero attached hydrogens (tertiary/aromatic N) is 1. The van der Waals surface area contributed by atoms with Crippen LogP contribution in [0.5, 0.6) is 5.75 Å². The first-order valence-electron chi connectivity index (χ1n) is 5.93. The van der Waals surface area contributed by atoms with Gasteiger partial charge in [0.25, 0.3) is 5.91 Å². The second kappa shape index (κ2) is 5.08. The highest BCUT2D eigenvalue weighted by molar-refractivity contribution is 9.10. The van der Waals surface area contributed by atoms with Crippen molar-refractivity contribution in [1.29, 1.82) is 0 Å². The molecule has 1 heterocycles. The van der Waals surface area contributed by atoms with Gasteiger partial charge in [0.1, 0.15) is 5.75 Å². The highest BCUT2D eigenvalue weighted by Crippen LogP contribution is 2.27. The number of benzene rings is 1. The third kappa shape index (κ3) is 2.46. The number of carbonyl (C=O) groups excluding carboxylic acids is 1.